The molecular formula is C16H24N2O. The molecule has 1 atom stereocenters. The number of anilines is 1. The Bertz CT molecular complexity index is 444. The van der Waals surface area contributed by atoms with Gasteiger partial charge in [-0.15, -0.1) is 0 Å². The molecule has 2 fully saturated rings. The third-order valence-corrected chi connectivity index (χ3v) is 4.54. The number of hydrogen-bond donors (Lipinski definition) is 1. The average Bonchev–Trinajstić information content (AvgIpc) is 3.24. The van der Waals surface area contributed by atoms with E-state index in [0.717, 1.165) is 25.6 Å². The van der Waals surface area contributed by atoms with E-state index in [1.165, 1.54) is 24.1 Å². The summed E-state index contributed by atoms with van der Waals surface area (Å²) < 4.78 is 5.33. The van der Waals surface area contributed by atoms with Crippen LogP contribution in [0, 0.1) is 5.92 Å². The fourth-order valence-electron chi connectivity index (χ4n) is 3.30. The Labute approximate surface area is 115 Å². The van der Waals surface area contributed by atoms with Crippen LogP contribution in [-0.2, 0) is 11.3 Å². The Morgan fingerprint density at radius 3 is 2.89 bits per heavy atom. The maximum Gasteiger partial charge on any atom is 0.0733 e. The molecule has 0 bridgehead atoms. The van der Waals surface area contributed by atoms with E-state index in [2.05, 4.69) is 41.4 Å². The molecule has 3 rings (SSSR count). The van der Waals surface area contributed by atoms with Crippen molar-refractivity contribution < 1.29 is 4.74 Å². The highest BCUT2D eigenvalue weighted by atomic mass is 16.5. The molecule has 1 saturated carbocycles. The van der Waals surface area contributed by atoms with E-state index in [-0.39, 0.29) is 0 Å². The van der Waals surface area contributed by atoms with E-state index in [1.807, 2.05) is 0 Å². The first-order valence-electron chi connectivity index (χ1n) is 7.30. The lowest BCUT2D eigenvalue weighted by Crippen LogP contribution is -2.60. The van der Waals surface area contributed by atoms with Crippen LogP contribution in [-0.4, -0.2) is 32.3 Å². The Kier molecular flexibility index (Phi) is 3.50. The first-order valence-corrected chi connectivity index (χ1v) is 7.30. The van der Waals surface area contributed by atoms with E-state index in [4.69, 9.17) is 4.74 Å². The van der Waals surface area contributed by atoms with E-state index in [9.17, 15) is 0 Å². The molecule has 1 unspecified atom stereocenters. The number of ether oxygens (including phenoxy) is 1. The number of para-hydroxylation sites is 1. The second-order valence-corrected chi connectivity index (χ2v) is 6.10. The van der Waals surface area contributed by atoms with Crippen LogP contribution in [0.5, 0.6) is 0 Å². The topological polar surface area (TPSA) is 24.5 Å². The maximum atomic E-state index is 5.33. The second-order valence-electron chi connectivity index (χ2n) is 6.10. The standard InChI is InChI=1S/C16H24N2O/c1-16(14-7-8-14)12-18(10-9-17-16)15-6-4-3-5-13(15)11-19-2/h3-6,14,17H,7-12H2,1-2H3. The fourth-order valence-corrected chi connectivity index (χ4v) is 3.30. The van der Waals surface area contributed by atoms with E-state index in [1.54, 1.807) is 7.11 Å². The first kappa shape index (κ1) is 12.9. The second kappa shape index (κ2) is 5.14. The Hall–Kier alpha value is -1.06. The van der Waals surface area contributed by atoms with Gasteiger partial charge in [-0.1, -0.05) is 18.2 Å². The molecule has 0 amide bonds. The zero-order chi connectivity index (χ0) is 13.3. The minimum Gasteiger partial charge on any atom is -0.380 e. The molecule has 0 radical (unpaired) electrons. The van der Waals surface area contributed by atoms with Gasteiger partial charge in [0.25, 0.3) is 0 Å². The molecule has 1 saturated heterocycles. The Morgan fingerprint density at radius 2 is 2.16 bits per heavy atom. The van der Waals surface area contributed by atoms with Gasteiger partial charge in [0.1, 0.15) is 0 Å². The molecule has 0 aromatic heterocycles. The molecule has 3 nitrogen and oxygen atoms in total. The van der Waals surface area contributed by atoms with Crippen LogP contribution >= 0.6 is 0 Å². The van der Waals surface area contributed by atoms with Crippen molar-refractivity contribution in [1.82, 2.24) is 5.32 Å². The monoisotopic (exact) mass is 260 g/mol. The van der Waals surface area contributed by atoms with Crippen LogP contribution < -0.4 is 10.2 Å². The molecule has 1 aliphatic heterocycles. The van der Waals surface area contributed by atoms with Crippen molar-refractivity contribution in [2.75, 3.05) is 31.6 Å². The summed E-state index contributed by atoms with van der Waals surface area (Å²) in [6.07, 6.45) is 2.77. The molecule has 19 heavy (non-hydrogen) atoms. The summed E-state index contributed by atoms with van der Waals surface area (Å²) >= 11 is 0. The number of nitrogens with zero attached hydrogens (tertiary/aromatic N) is 1. The highest BCUT2D eigenvalue weighted by Gasteiger charge is 2.44. The molecule has 1 heterocycles. The predicted octanol–water partition coefficient (Wildman–Crippen LogP) is 2.41. The van der Waals surface area contributed by atoms with E-state index in [0.29, 0.717) is 12.1 Å². The maximum absolute atomic E-state index is 5.33. The summed E-state index contributed by atoms with van der Waals surface area (Å²) in [5, 5.41) is 3.74. The number of benzene rings is 1. The lowest BCUT2D eigenvalue weighted by Gasteiger charge is -2.43. The zero-order valence-electron chi connectivity index (χ0n) is 12.0. The van der Waals surface area contributed by atoms with Crippen LogP contribution in [0.3, 0.4) is 0 Å². The van der Waals surface area contributed by atoms with Crippen LogP contribution in [0.2, 0.25) is 0 Å². The summed E-state index contributed by atoms with van der Waals surface area (Å²) in [6.45, 7) is 6.35. The molecule has 1 aromatic rings. The van der Waals surface area contributed by atoms with Crippen LogP contribution in [0.15, 0.2) is 24.3 Å². The van der Waals surface area contributed by atoms with Crippen molar-refractivity contribution in [3.63, 3.8) is 0 Å². The van der Waals surface area contributed by atoms with Gasteiger partial charge in [0.15, 0.2) is 0 Å². The Morgan fingerprint density at radius 1 is 1.37 bits per heavy atom. The quantitative estimate of drug-likeness (QED) is 0.900. The molecule has 2 aliphatic rings. The van der Waals surface area contributed by atoms with E-state index >= 15 is 0 Å². The highest BCUT2D eigenvalue weighted by molar-refractivity contribution is 5.54. The van der Waals surface area contributed by atoms with Crippen molar-refractivity contribution in [3.8, 4) is 0 Å². The average molecular weight is 260 g/mol. The number of rotatable bonds is 4. The normalized spacial score (nSPS) is 27.6. The summed E-state index contributed by atoms with van der Waals surface area (Å²) in [4.78, 5) is 2.53. The first-order chi connectivity index (χ1) is 9.23. The summed E-state index contributed by atoms with van der Waals surface area (Å²) in [6, 6.07) is 8.63. The SMILES string of the molecule is COCc1ccccc1N1CCNC(C)(C2CC2)C1. The van der Waals surface area contributed by atoms with Crippen LogP contribution in [0.1, 0.15) is 25.3 Å². The van der Waals surface area contributed by atoms with Gasteiger partial charge in [-0.05, 0) is 31.7 Å². The molecular weight excluding hydrogens is 236 g/mol. The number of hydrogen-bond acceptors (Lipinski definition) is 3. The van der Waals surface area contributed by atoms with Crippen LogP contribution in [0.25, 0.3) is 0 Å². The van der Waals surface area contributed by atoms with Gasteiger partial charge in [-0.25, -0.2) is 0 Å². The van der Waals surface area contributed by atoms with Gasteiger partial charge >= 0.3 is 0 Å². The van der Waals surface area contributed by atoms with Gasteiger partial charge in [0.05, 0.1) is 6.61 Å². The summed E-state index contributed by atoms with van der Waals surface area (Å²) in [7, 11) is 1.77. The van der Waals surface area contributed by atoms with Crippen molar-refractivity contribution in [2.24, 2.45) is 5.92 Å². The highest BCUT2D eigenvalue weighted by Crippen LogP contribution is 2.41. The van der Waals surface area contributed by atoms with Crippen molar-refractivity contribution in [3.05, 3.63) is 29.8 Å². The van der Waals surface area contributed by atoms with Crippen molar-refractivity contribution in [2.45, 2.75) is 31.9 Å². The minimum absolute atomic E-state index is 0.290. The van der Waals surface area contributed by atoms with Gasteiger partial charge in [-0.3, -0.25) is 0 Å². The lowest BCUT2D eigenvalue weighted by molar-refractivity contribution is 0.184. The molecule has 1 aliphatic carbocycles. The molecule has 1 N–H and O–H groups in total. The summed E-state index contributed by atoms with van der Waals surface area (Å²) in [5.74, 6) is 0.866. The third-order valence-electron chi connectivity index (χ3n) is 4.54. The Balaban J connectivity index is 1.81. The van der Waals surface area contributed by atoms with Crippen LogP contribution in [0.4, 0.5) is 5.69 Å². The number of piperazine rings is 1. The smallest absolute Gasteiger partial charge is 0.0733 e. The lowest BCUT2D eigenvalue weighted by atomic mass is 9.92. The van der Waals surface area contributed by atoms with Gasteiger partial charge in [-0.2, -0.15) is 0 Å². The zero-order valence-corrected chi connectivity index (χ0v) is 12.0. The minimum atomic E-state index is 0.290. The number of nitrogens with one attached hydrogen (secondary N) is 1. The number of methoxy groups -OCH3 is 1. The molecule has 3 heteroatoms. The van der Waals surface area contributed by atoms with Gasteiger partial charge < -0.3 is 15.0 Å². The van der Waals surface area contributed by atoms with Crippen molar-refractivity contribution >= 4 is 5.69 Å². The van der Waals surface area contributed by atoms with E-state index < -0.39 is 0 Å². The van der Waals surface area contributed by atoms with Crippen molar-refractivity contribution in [1.29, 1.82) is 0 Å². The molecule has 0 spiro atoms. The third kappa shape index (κ3) is 2.63. The van der Waals surface area contributed by atoms with Gasteiger partial charge in [0, 0.05) is 43.5 Å². The summed E-state index contributed by atoms with van der Waals surface area (Å²) in [5.41, 5.74) is 2.93. The fraction of sp³-hybridized carbons (Fsp3) is 0.625. The molecule has 1 aromatic carbocycles. The largest absolute Gasteiger partial charge is 0.380 e. The molecule has 104 valence electrons. The predicted molar refractivity (Wildman–Crippen MR) is 78.5 cm³/mol. The van der Waals surface area contributed by atoms with Gasteiger partial charge in [0.2, 0.25) is 0 Å².